The summed E-state index contributed by atoms with van der Waals surface area (Å²) in [6.07, 6.45) is 4.24. The summed E-state index contributed by atoms with van der Waals surface area (Å²) in [6.45, 7) is 1.42. The first-order chi connectivity index (χ1) is 15.6. The molecule has 0 amide bonds. The Morgan fingerprint density at radius 3 is 2.94 bits per heavy atom. The monoisotopic (exact) mass is 436 g/mol. The van der Waals surface area contributed by atoms with Crippen LogP contribution in [0, 0.1) is 5.82 Å². The predicted octanol–water partition coefficient (Wildman–Crippen LogP) is 4.22. The van der Waals surface area contributed by atoms with E-state index in [0.717, 1.165) is 30.9 Å². The number of anilines is 2. The Kier molecular flexibility index (Phi) is 6.79. The minimum absolute atomic E-state index is 0.202. The minimum atomic E-state index is -0.988. The van der Waals surface area contributed by atoms with E-state index in [1.807, 2.05) is 6.07 Å². The number of pyridine rings is 2. The topological polar surface area (TPSA) is 96.4 Å². The zero-order valence-electron chi connectivity index (χ0n) is 17.6. The van der Waals surface area contributed by atoms with E-state index in [4.69, 9.17) is 4.74 Å². The molecule has 0 fully saturated rings. The van der Waals surface area contributed by atoms with Gasteiger partial charge in [0, 0.05) is 18.7 Å². The standard InChI is InChI=1S/C24H25FN4O3/c25-18-5-1-3-17(13-18)21(14-23(30)31)29-22-9-8-20(15-27-22)32-12-10-19-7-6-16-4-2-11-26-24(16)28-19/h1,3,5-9,13,15,21H,2,4,10-12,14H2,(H,26,28)(H,27,29)(H,30,31). The Hall–Kier alpha value is -3.68. The molecule has 2 aromatic heterocycles. The van der Waals surface area contributed by atoms with Crippen molar-refractivity contribution in [2.45, 2.75) is 31.7 Å². The number of hydrogen-bond acceptors (Lipinski definition) is 6. The molecule has 1 aliphatic rings. The number of hydrogen-bond donors (Lipinski definition) is 3. The smallest absolute Gasteiger partial charge is 0.305 e. The van der Waals surface area contributed by atoms with Crippen LogP contribution in [0.15, 0.2) is 54.7 Å². The second kappa shape index (κ2) is 10.1. The molecular formula is C24H25FN4O3. The zero-order chi connectivity index (χ0) is 22.3. The molecule has 0 saturated carbocycles. The van der Waals surface area contributed by atoms with Crippen LogP contribution in [0.1, 0.15) is 35.7 Å². The van der Waals surface area contributed by atoms with Gasteiger partial charge in [-0.2, -0.15) is 0 Å². The van der Waals surface area contributed by atoms with Crippen molar-refractivity contribution < 1.29 is 19.0 Å². The first-order valence-electron chi connectivity index (χ1n) is 10.6. The van der Waals surface area contributed by atoms with E-state index in [9.17, 15) is 14.3 Å². The van der Waals surface area contributed by atoms with Gasteiger partial charge in [0.2, 0.25) is 0 Å². The number of ether oxygens (including phenoxy) is 1. The van der Waals surface area contributed by atoms with Crippen LogP contribution in [0.5, 0.6) is 5.75 Å². The number of aryl methyl sites for hydroxylation is 1. The summed E-state index contributed by atoms with van der Waals surface area (Å²) in [7, 11) is 0. The molecule has 166 valence electrons. The number of carboxylic acid groups (broad SMARTS) is 1. The molecule has 7 nitrogen and oxygen atoms in total. The van der Waals surface area contributed by atoms with Crippen LogP contribution in [0.3, 0.4) is 0 Å². The van der Waals surface area contributed by atoms with Crippen LogP contribution in [0.4, 0.5) is 16.0 Å². The summed E-state index contributed by atoms with van der Waals surface area (Å²) in [5, 5.41) is 15.6. The number of benzene rings is 1. The third-order valence-electron chi connectivity index (χ3n) is 5.27. The predicted molar refractivity (Wildman–Crippen MR) is 120 cm³/mol. The van der Waals surface area contributed by atoms with Crippen molar-refractivity contribution in [2.75, 3.05) is 23.8 Å². The lowest BCUT2D eigenvalue weighted by Gasteiger charge is -2.18. The molecule has 0 spiro atoms. The van der Waals surface area contributed by atoms with Crippen LogP contribution >= 0.6 is 0 Å². The largest absolute Gasteiger partial charge is 0.492 e. The third-order valence-corrected chi connectivity index (χ3v) is 5.27. The average Bonchev–Trinajstić information content (AvgIpc) is 2.79. The lowest BCUT2D eigenvalue weighted by Crippen LogP contribution is -2.16. The van der Waals surface area contributed by atoms with E-state index in [-0.39, 0.29) is 6.42 Å². The number of carbonyl (C=O) groups is 1. The number of aromatic nitrogens is 2. The summed E-state index contributed by atoms with van der Waals surface area (Å²) in [4.78, 5) is 20.2. The molecule has 4 rings (SSSR count). The van der Waals surface area contributed by atoms with Crippen LogP contribution in [-0.4, -0.2) is 34.2 Å². The molecular weight excluding hydrogens is 411 g/mol. The highest BCUT2D eigenvalue weighted by Gasteiger charge is 2.17. The SMILES string of the molecule is O=C(O)CC(Nc1ccc(OCCc2ccc3c(n2)NCCC3)cn1)c1cccc(F)c1. The lowest BCUT2D eigenvalue weighted by molar-refractivity contribution is -0.137. The van der Waals surface area contributed by atoms with Gasteiger partial charge in [0.1, 0.15) is 23.2 Å². The van der Waals surface area contributed by atoms with Crippen molar-refractivity contribution in [3.05, 3.63) is 77.4 Å². The summed E-state index contributed by atoms with van der Waals surface area (Å²) in [6, 6.07) is 12.9. The number of nitrogens with zero attached hydrogens (tertiary/aromatic N) is 2. The van der Waals surface area contributed by atoms with Gasteiger partial charge in [0.15, 0.2) is 0 Å². The summed E-state index contributed by atoms with van der Waals surface area (Å²) >= 11 is 0. The number of aliphatic carboxylic acids is 1. The number of fused-ring (bicyclic) bond motifs is 1. The molecule has 3 heterocycles. The van der Waals surface area contributed by atoms with Gasteiger partial charge in [-0.15, -0.1) is 0 Å². The third kappa shape index (κ3) is 5.72. The minimum Gasteiger partial charge on any atom is -0.492 e. The summed E-state index contributed by atoms with van der Waals surface area (Å²) in [5.41, 5.74) is 2.77. The fourth-order valence-corrected chi connectivity index (χ4v) is 3.66. The molecule has 1 unspecified atom stereocenters. The second-order valence-electron chi connectivity index (χ2n) is 7.67. The quantitative estimate of drug-likeness (QED) is 0.462. The van der Waals surface area contributed by atoms with Crippen LogP contribution in [-0.2, 0) is 17.6 Å². The summed E-state index contributed by atoms with van der Waals surface area (Å²) < 4.78 is 19.3. The Labute approximate surface area is 185 Å². The molecule has 32 heavy (non-hydrogen) atoms. The molecule has 3 aromatic rings. The fraction of sp³-hybridized carbons (Fsp3) is 0.292. The first-order valence-corrected chi connectivity index (χ1v) is 10.6. The molecule has 8 heteroatoms. The van der Waals surface area contributed by atoms with E-state index in [2.05, 4.69) is 26.7 Å². The molecule has 0 radical (unpaired) electrons. The second-order valence-corrected chi connectivity index (χ2v) is 7.67. The van der Waals surface area contributed by atoms with Gasteiger partial charge < -0.3 is 20.5 Å². The van der Waals surface area contributed by atoms with Crippen LogP contribution in [0.25, 0.3) is 0 Å². The van der Waals surface area contributed by atoms with Gasteiger partial charge in [-0.25, -0.2) is 14.4 Å². The molecule has 0 bridgehead atoms. The van der Waals surface area contributed by atoms with E-state index in [1.54, 1.807) is 30.5 Å². The van der Waals surface area contributed by atoms with E-state index >= 15 is 0 Å². The van der Waals surface area contributed by atoms with E-state index < -0.39 is 17.8 Å². The van der Waals surface area contributed by atoms with Crippen molar-refractivity contribution in [3.8, 4) is 5.75 Å². The van der Waals surface area contributed by atoms with E-state index in [1.165, 1.54) is 17.7 Å². The van der Waals surface area contributed by atoms with Gasteiger partial charge in [-0.1, -0.05) is 18.2 Å². The number of nitrogens with one attached hydrogen (secondary N) is 2. The highest BCUT2D eigenvalue weighted by Crippen LogP contribution is 2.24. The Morgan fingerprint density at radius 2 is 2.16 bits per heavy atom. The summed E-state index contributed by atoms with van der Waals surface area (Å²) in [5.74, 6) is 0.654. The maximum atomic E-state index is 13.6. The average molecular weight is 436 g/mol. The molecule has 0 saturated heterocycles. The van der Waals surface area contributed by atoms with Crippen LogP contribution < -0.4 is 15.4 Å². The maximum Gasteiger partial charge on any atom is 0.305 e. The number of halogens is 1. The highest BCUT2D eigenvalue weighted by atomic mass is 19.1. The maximum absolute atomic E-state index is 13.6. The fourth-order valence-electron chi connectivity index (χ4n) is 3.66. The Bertz CT molecular complexity index is 1080. The Balaban J connectivity index is 1.33. The first kappa shape index (κ1) is 21.5. The number of carboxylic acids is 1. The van der Waals surface area contributed by atoms with Crippen LogP contribution in [0.2, 0.25) is 0 Å². The van der Waals surface area contributed by atoms with Gasteiger partial charge in [0.05, 0.1) is 25.3 Å². The van der Waals surface area contributed by atoms with Gasteiger partial charge >= 0.3 is 5.97 Å². The molecule has 3 N–H and O–H groups in total. The highest BCUT2D eigenvalue weighted by molar-refractivity contribution is 5.68. The molecule has 1 aromatic carbocycles. The van der Waals surface area contributed by atoms with Gasteiger partial charge in [0.25, 0.3) is 0 Å². The van der Waals surface area contributed by atoms with Gasteiger partial charge in [-0.3, -0.25) is 4.79 Å². The number of rotatable bonds is 9. The Morgan fingerprint density at radius 1 is 1.25 bits per heavy atom. The zero-order valence-corrected chi connectivity index (χ0v) is 17.6. The van der Waals surface area contributed by atoms with Crippen molar-refractivity contribution in [2.24, 2.45) is 0 Å². The van der Waals surface area contributed by atoms with Gasteiger partial charge in [-0.05, 0) is 54.3 Å². The van der Waals surface area contributed by atoms with Crippen molar-refractivity contribution in [1.29, 1.82) is 0 Å². The molecule has 1 atom stereocenters. The normalized spacial score (nSPS) is 13.5. The molecule has 1 aliphatic heterocycles. The van der Waals surface area contributed by atoms with Crippen molar-refractivity contribution in [1.82, 2.24) is 9.97 Å². The van der Waals surface area contributed by atoms with Crippen molar-refractivity contribution >= 4 is 17.6 Å². The lowest BCUT2D eigenvalue weighted by atomic mass is 10.0. The van der Waals surface area contributed by atoms with Crippen molar-refractivity contribution in [3.63, 3.8) is 0 Å². The van der Waals surface area contributed by atoms with E-state index in [0.29, 0.717) is 30.2 Å². The molecule has 0 aliphatic carbocycles.